The third-order valence-corrected chi connectivity index (χ3v) is 6.36. The minimum Gasteiger partial charge on any atom is -0.344 e. The van der Waals surface area contributed by atoms with E-state index in [9.17, 15) is 22.8 Å². The Bertz CT molecular complexity index is 1940. The van der Waals surface area contributed by atoms with Gasteiger partial charge in [0.25, 0.3) is 5.91 Å². The van der Waals surface area contributed by atoms with Crippen LogP contribution in [0, 0.1) is 11.8 Å². The highest BCUT2D eigenvalue weighted by atomic mass is 19.4. The lowest BCUT2D eigenvalue weighted by molar-refractivity contribution is -0.138. The van der Waals surface area contributed by atoms with Crippen LogP contribution >= 0.6 is 0 Å². The second-order valence-corrected chi connectivity index (χ2v) is 10.6. The van der Waals surface area contributed by atoms with Crippen molar-refractivity contribution < 1.29 is 27.3 Å². The third-order valence-electron chi connectivity index (χ3n) is 6.36. The molecule has 0 fully saturated rings. The number of hydrogen-bond donors (Lipinski definition) is 3. The minimum atomic E-state index is -4.73. The van der Waals surface area contributed by atoms with Crippen molar-refractivity contribution in [3.63, 3.8) is 0 Å². The van der Waals surface area contributed by atoms with E-state index in [1.165, 1.54) is 31.5 Å². The van der Waals surface area contributed by atoms with Crippen LogP contribution in [0.2, 0.25) is 0 Å². The number of nitrogens with one attached hydrogen (secondary N) is 3. The molecular formula is C30H25F3N8O3. The Morgan fingerprint density at radius 1 is 1.05 bits per heavy atom. The molecule has 5 aromatic rings. The van der Waals surface area contributed by atoms with Crippen molar-refractivity contribution in [3.8, 4) is 34.5 Å². The van der Waals surface area contributed by atoms with Gasteiger partial charge in [0, 0.05) is 29.9 Å². The van der Waals surface area contributed by atoms with Crippen molar-refractivity contribution in [2.24, 2.45) is 0 Å². The molecule has 0 unspecified atom stereocenters. The zero-order chi connectivity index (χ0) is 31.6. The molecule has 44 heavy (non-hydrogen) atoms. The van der Waals surface area contributed by atoms with Crippen LogP contribution < -0.4 is 10.6 Å². The molecular weight excluding hydrogens is 577 g/mol. The number of carbonyl (C=O) groups is 2. The number of H-pyrrole nitrogens is 1. The van der Waals surface area contributed by atoms with Crippen LogP contribution in [0.3, 0.4) is 0 Å². The molecule has 11 nitrogen and oxygen atoms in total. The number of benzene rings is 1. The number of carbonyl (C=O) groups excluding carboxylic acids is 2. The molecule has 0 saturated carbocycles. The largest absolute Gasteiger partial charge is 0.416 e. The molecule has 224 valence electrons. The molecule has 0 radical (unpaired) electrons. The first-order chi connectivity index (χ1) is 20.8. The number of anilines is 1. The molecule has 0 aliphatic carbocycles. The average molecular weight is 603 g/mol. The number of fused-ring (bicyclic) bond motifs is 1. The highest BCUT2D eigenvalue weighted by Gasteiger charge is 2.34. The predicted octanol–water partition coefficient (Wildman–Crippen LogP) is 5.28. The Balaban J connectivity index is 1.46. The fourth-order valence-electron chi connectivity index (χ4n) is 4.25. The molecule has 2 amide bonds. The van der Waals surface area contributed by atoms with Gasteiger partial charge in [0.15, 0.2) is 17.3 Å². The van der Waals surface area contributed by atoms with E-state index in [1.54, 1.807) is 18.2 Å². The lowest BCUT2D eigenvalue weighted by atomic mass is 9.96. The molecule has 0 spiro atoms. The molecule has 14 heteroatoms. The molecule has 4 heterocycles. The van der Waals surface area contributed by atoms with Gasteiger partial charge in [-0.2, -0.15) is 18.2 Å². The molecule has 5 rings (SSSR count). The number of rotatable bonds is 6. The van der Waals surface area contributed by atoms with E-state index < -0.39 is 35.5 Å². The van der Waals surface area contributed by atoms with E-state index in [4.69, 9.17) is 4.52 Å². The van der Waals surface area contributed by atoms with Crippen molar-refractivity contribution in [3.05, 3.63) is 71.6 Å². The Morgan fingerprint density at radius 3 is 2.55 bits per heavy atom. The number of aromatic amines is 1. The van der Waals surface area contributed by atoms with Crippen LogP contribution in [-0.4, -0.2) is 41.9 Å². The summed E-state index contributed by atoms with van der Waals surface area (Å²) in [4.78, 5) is 44.8. The summed E-state index contributed by atoms with van der Waals surface area (Å²) < 4.78 is 47.7. The molecule has 0 atom stereocenters. The standard InChI is InChI=1S/C30H25F3N8O3/c1-5-7-21(42)37-20-8-6-12-34-23(20)25-38-22-18(11-13-35-24(22)39-25)16-9-10-17(19(14-16)30(31,32)33)15-36-26(43)27-40-28(41-44-27)29(2,3)4/h6,8-14H,15H2,1-4H3,(H,36,43)(H,37,42)(H,35,38,39). The number of pyridine rings is 2. The molecule has 0 bridgehead atoms. The van der Waals surface area contributed by atoms with Crippen molar-refractivity contribution in [2.45, 2.75) is 45.8 Å². The summed E-state index contributed by atoms with van der Waals surface area (Å²) in [5.41, 5.74) is 0.226. The Morgan fingerprint density at radius 2 is 1.84 bits per heavy atom. The first kappa shape index (κ1) is 29.9. The maximum absolute atomic E-state index is 14.2. The van der Waals surface area contributed by atoms with E-state index >= 15 is 0 Å². The topological polar surface area (TPSA) is 152 Å². The number of amides is 2. The van der Waals surface area contributed by atoms with E-state index in [1.807, 2.05) is 20.8 Å². The van der Waals surface area contributed by atoms with Crippen LogP contribution in [-0.2, 0) is 22.9 Å². The van der Waals surface area contributed by atoms with Crippen LogP contribution in [0.15, 0.2) is 53.3 Å². The highest BCUT2D eigenvalue weighted by molar-refractivity contribution is 6.05. The fraction of sp³-hybridized carbons (Fsp3) is 0.233. The van der Waals surface area contributed by atoms with E-state index in [-0.39, 0.29) is 22.8 Å². The van der Waals surface area contributed by atoms with Gasteiger partial charge in [-0.3, -0.25) is 14.6 Å². The van der Waals surface area contributed by atoms with E-state index in [0.29, 0.717) is 33.9 Å². The second-order valence-electron chi connectivity index (χ2n) is 10.6. The quantitative estimate of drug-likeness (QED) is 0.222. The summed E-state index contributed by atoms with van der Waals surface area (Å²) in [6.07, 6.45) is -1.78. The number of imidazole rings is 1. The number of alkyl halides is 3. The Labute approximate surface area is 248 Å². The summed E-state index contributed by atoms with van der Waals surface area (Å²) in [6, 6.07) is 8.57. The van der Waals surface area contributed by atoms with Gasteiger partial charge >= 0.3 is 18.0 Å². The van der Waals surface area contributed by atoms with Gasteiger partial charge in [0.2, 0.25) is 0 Å². The number of nitrogens with zero attached hydrogens (tertiary/aromatic N) is 5. The van der Waals surface area contributed by atoms with Crippen molar-refractivity contribution in [1.29, 1.82) is 0 Å². The molecule has 0 aliphatic heterocycles. The summed E-state index contributed by atoms with van der Waals surface area (Å²) in [5, 5.41) is 8.83. The van der Waals surface area contributed by atoms with Crippen molar-refractivity contribution in [2.75, 3.05) is 5.32 Å². The van der Waals surface area contributed by atoms with Gasteiger partial charge in [0.05, 0.1) is 11.3 Å². The maximum Gasteiger partial charge on any atom is 0.416 e. The predicted molar refractivity (Wildman–Crippen MR) is 154 cm³/mol. The number of halogens is 3. The highest BCUT2D eigenvalue weighted by Crippen LogP contribution is 2.37. The molecule has 1 aromatic carbocycles. The van der Waals surface area contributed by atoms with Crippen LogP contribution in [0.1, 0.15) is 55.3 Å². The van der Waals surface area contributed by atoms with Crippen LogP contribution in [0.4, 0.5) is 18.9 Å². The van der Waals surface area contributed by atoms with Gasteiger partial charge in [-0.1, -0.05) is 44.0 Å². The monoisotopic (exact) mass is 602 g/mol. The normalized spacial score (nSPS) is 11.6. The SMILES string of the molecule is CC#CC(=O)Nc1cccnc1-c1nc2c(-c3ccc(CNC(=O)c4nc(C(C)(C)C)no4)c(C(F)(F)F)c3)ccnc2[nH]1. The lowest BCUT2D eigenvalue weighted by Crippen LogP contribution is -2.25. The average Bonchev–Trinajstić information content (AvgIpc) is 3.64. The van der Waals surface area contributed by atoms with Gasteiger partial charge in [-0.25, -0.2) is 9.97 Å². The zero-order valence-corrected chi connectivity index (χ0v) is 23.9. The summed E-state index contributed by atoms with van der Waals surface area (Å²) in [6.45, 7) is 6.58. The first-order valence-corrected chi connectivity index (χ1v) is 13.2. The summed E-state index contributed by atoms with van der Waals surface area (Å²) >= 11 is 0. The molecule has 3 N–H and O–H groups in total. The smallest absolute Gasteiger partial charge is 0.344 e. The molecule has 0 aliphatic rings. The lowest BCUT2D eigenvalue weighted by Gasteiger charge is -2.15. The van der Waals surface area contributed by atoms with Crippen molar-refractivity contribution >= 4 is 28.7 Å². The first-order valence-electron chi connectivity index (χ1n) is 13.2. The summed E-state index contributed by atoms with van der Waals surface area (Å²) in [5.74, 6) is 3.75. The fourth-order valence-corrected chi connectivity index (χ4v) is 4.25. The third kappa shape index (κ3) is 6.26. The van der Waals surface area contributed by atoms with Crippen molar-refractivity contribution in [1.82, 2.24) is 35.4 Å². The van der Waals surface area contributed by atoms with Crippen LogP contribution in [0.5, 0.6) is 0 Å². The maximum atomic E-state index is 14.2. The van der Waals surface area contributed by atoms with Gasteiger partial charge < -0.3 is 20.1 Å². The second kappa shape index (κ2) is 11.6. The zero-order valence-electron chi connectivity index (χ0n) is 23.9. The Kier molecular flexibility index (Phi) is 7.88. The van der Waals surface area contributed by atoms with Gasteiger partial charge in [-0.15, -0.1) is 0 Å². The molecule has 4 aromatic heterocycles. The van der Waals surface area contributed by atoms with E-state index in [0.717, 1.165) is 6.07 Å². The number of aromatic nitrogens is 6. The number of hydrogen-bond acceptors (Lipinski definition) is 8. The van der Waals surface area contributed by atoms with Crippen LogP contribution in [0.25, 0.3) is 33.8 Å². The molecule has 0 saturated heterocycles. The minimum absolute atomic E-state index is 0.165. The Hall–Kier alpha value is -5.58. The van der Waals surface area contributed by atoms with E-state index in [2.05, 4.69) is 52.6 Å². The van der Waals surface area contributed by atoms with Gasteiger partial charge in [0.1, 0.15) is 11.2 Å². The van der Waals surface area contributed by atoms with Gasteiger partial charge in [-0.05, 0) is 48.2 Å². The summed E-state index contributed by atoms with van der Waals surface area (Å²) in [7, 11) is 0.